The molecule has 2 atom stereocenters. The Morgan fingerprint density at radius 2 is 2.43 bits per heavy atom. The van der Waals surface area contributed by atoms with Gasteiger partial charge in [0.15, 0.2) is 0 Å². The van der Waals surface area contributed by atoms with Crippen molar-refractivity contribution < 1.29 is 9.84 Å². The van der Waals surface area contributed by atoms with E-state index in [1.165, 1.54) is 0 Å². The lowest BCUT2D eigenvalue weighted by Crippen LogP contribution is -2.04. The van der Waals surface area contributed by atoms with Crippen LogP contribution in [0.5, 0.6) is 0 Å². The van der Waals surface area contributed by atoms with Crippen molar-refractivity contribution in [3.8, 4) is 0 Å². The molecule has 0 unspecified atom stereocenters. The van der Waals surface area contributed by atoms with Gasteiger partial charge in [-0.05, 0) is 19.8 Å². The van der Waals surface area contributed by atoms with Gasteiger partial charge < -0.3 is 9.84 Å². The van der Waals surface area contributed by atoms with Gasteiger partial charge in [-0.2, -0.15) is 5.10 Å². The average Bonchev–Trinajstić information content (AvgIpc) is 2.71. The third-order valence-corrected chi connectivity index (χ3v) is 2.64. The largest absolute Gasteiger partial charge is 0.392 e. The molecule has 1 N–H and O–H groups in total. The summed E-state index contributed by atoms with van der Waals surface area (Å²) in [5, 5.41) is 13.5. The van der Waals surface area contributed by atoms with Gasteiger partial charge in [-0.15, -0.1) is 0 Å². The van der Waals surface area contributed by atoms with Crippen molar-refractivity contribution in [3.05, 3.63) is 17.5 Å². The second kappa shape index (κ2) is 3.71. The van der Waals surface area contributed by atoms with Crippen LogP contribution < -0.4 is 0 Å². The molecule has 78 valence electrons. The lowest BCUT2D eigenvalue weighted by Gasteiger charge is -2.09. The second-order valence-electron chi connectivity index (χ2n) is 3.88. The molecule has 0 aromatic carbocycles. The average molecular weight is 196 g/mol. The number of ether oxygens (including phenoxy) is 1. The first-order valence-corrected chi connectivity index (χ1v) is 4.99. The number of rotatable bonds is 2. The molecule has 1 aromatic rings. The van der Waals surface area contributed by atoms with Gasteiger partial charge in [-0.25, -0.2) is 0 Å². The van der Waals surface area contributed by atoms with E-state index in [1.54, 1.807) is 4.68 Å². The van der Waals surface area contributed by atoms with Gasteiger partial charge in [0.25, 0.3) is 0 Å². The standard InChI is InChI=1S/C10H16N2O2/c1-7-3-4-9(14-7)10-8(6-13)5-12(2)11-10/h5,7,9,13H,3-4,6H2,1-2H3/t7-,9-/m1/s1. The van der Waals surface area contributed by atoms with Crippen LogP contribution in [0.4, 0.5) is 0 Å². The summed E-state index contributed by atoms with van der Waals surface area (Å²) in [4.78, 5) is 0. The normalized spacial score (nSPS) is 27.1. The van der Waals surface area contributed by atoms with Gasteiger partial charge in [-0.1, -0.05) is 0 Å². The molecule has 4 nitrogen and oxygen atoms in total. The first-order chi connectivity index (χ1) is 6.70. The minimum Gasteiger partial charge on any atom is -0.392 e. The molecule has 0 bridgehead atoms. The Bertz CT molecular complexity index is 322. The molecule has 0 aliphatic carbocycles. The first-order valence-electron chi connectivity index (χ1n) is 4.99. The molecule has 1 aromatic heterocycles. The lowest BCUT2D eigenvalue weighted by molar-refractivity contribution is 0.0515. The zero-order valence-corrected chi connectivity index (χ0v) is 8.60. The van der Waals surface area contributed by atoms with Crippen molar-refractivity contribution in [2.24, 2.45) is 7.05 Å². The van der Waals surface area contributed by atoms with Crippen LogP contribution in [0.25, 0.3) is 0 Å². The highest BCUT2D eigenvalue weighted by Gasteiger charge is 2.27. The van der Waals surface area contributed by atoms with Gasteiger partial charge in [0, 0.05) is 18.8 Å². The van der Waals surface area contributed by atoms with Gasteiger partial charge in [-0.3, -0.25) is 4.68 Å². The Balaban J connectivity index is 2.22. The van der Waals surface area contributed by atoms with Crippen molar-refractivity contribution >= 4 is 0 Å². The van der Waals surface area contributed by atoms with Crippen molar-refractivity contribution in [1.29, 1.82) is 0 Å². The summed E-state index contributed by atoms with van der Waals surface area (Å²) in [6, 6.07) is 0. The highest BCUT2D eigenvalue weighted by atomic mass is 16.5. The van der Waals surface area contributed by atoms with Crippen molar-refractivity contribution in [2.75, 3.05) is 0 Å². The molecule has 0 saturated carbocycles. The third-order valence-electron chi connectivity index (χ3n) is 2.64. The molecule has 1 aliphatic heterocycles. The summed E-state index contributed by atoms with van der Waals surface area (Å²) in [5.74, 6) is 0. The number of aromatic nitrogens is 2. The van der Waals surface area contributed by atoms with E-state index in [-0.39, 0.29) is 12.7 Å². The topological polar surface area (TPSA) is 47.3 Å². The highest BCUT2D eigenvalue weighted by molar-refractivity contribution is 5.19. The zero-order chi connectivity index (χ0) is 10.1. The molecular weight excluding hydrogens is 180 g/mol. The molecule has 1 fully saturated rings. The number of hydrogen-bond acceptors (Lipinski definition) is 3. The van der Waals surface area contributed by atoms with Crippen LogP contribution in [0.15, 0.2) is 6.20 Å². The molecular formula is C10H16N2O2. The smallest absolute Gasteiger partial charge is 0.102 e. The molecule has 1 aliphatic rings. The fraction of sp³-hybridized carbons (Fsp3) is 0.700. The molecule has 14 heavy (non-hydrogen) atoms. The maximum Gasteiger partial charge on any atom is 0.102 e. The number of aryl methyl sites for hydroxylation is 1. The van der Waals surface area contributed by atoms with Crippen LogP contribution in [0.3, 0.4) is 0 Å². The number of aliphatic hydroxyl groups excluding tert-OH is 1. The quantitative estimate of drug-likeness (QED) is 0.772. The fourth-order valence-electron chi connectivity index (χ4n) is 1.95. The van der Waals surface area contributed by atoms with Crippen LogP contribution in [-0.2, 0) is 18.4 Å². The van der Waals surface area contributed by atoms with Crippen molar-refractivity contribution in [1.82, 2.24) is 9.78 Å². The van der Waals surface area contributed by atoms with Crippen LogP contribution in [-0.4, -0.2) is 21.0 Å². The van der Waals surface area contributed by atoms with Crippen molar-refractivity contribution in [2.45, 2.75) is 38.6 Å². The Kier molecular flexibility index (Phi) is 2.56. The minimum absolute atomic E-state index is 0.0391. The Morgan fingerprint density at radius 3 is 3.00 bits per heavy atom. The summed E-state index contributed by atoms with van der Waals surface area (Å²) in [6.07, 6.45) is 4.32. The molecule has 4 heteroatoms. The van der Waals surface area contributed by atoms with Gasteiger partial charge >= 0.3 is 0 Å². The second-order valence-corrected chi connectivity index (χ2v) is 3.88. The molecule has 0 spiro atoms. The van der Waals surface area contributed by atoms with Gasteiger partial charge in [0.05, 0.1) is 18.4 Å². The van der Waals surface area contributed by atoms with E-state index < -0.39 is 0 Å². The van der Waals surface area contributed by atoms with Gasteiger partial charge in [0.1, 0.15) is 6.10 Å². The van der Waals surface area contributed by atoms with E-state index in [1.807, 2.05) is 13.2 Å². The molecule has 1 saturated heterocycles. The Labute approximate surface area is 83.5 Å². The number of nitrogens with zero attached hydrogens (tertiary/aromatic N) is 2. The summed E-state index contributed by atoms with van der Waals surface area (Å²) >= 11 is 0. The van der Waals surface area contributed by atoms with E-state index in [9.17, 15) is 0 Å². The third kappa shape index (κ3) is 1.67. The van der Waals surface area contributed by atoms with Crippen molar-refractivity contribution in [3.63, 3.8) is 0 Å². The van der Waals surface area contributed by atoms with Crippen LogP contribution in [0, 0.1) is 0 Å². The van der Waals surface area contributed by atoms with Crippen LogP contribution in [0.2, 0.25) is 0 Å². The Morgan fingerprint density at radius 1 is 1.64 bits per heavy atom. The van der Waals surface area contributed by atoms with E-state index in [4.69, 9.17) is 9.84 Å². The summed E-state index contributed by atoms with van der Waals surface area (Å²) in [6.45, 7) is 2.11. The molecule has 2 heterocycles. The van der Waals surface area contributed by atoms with E-state index in [0.717, 1.165) is 24.1 Å². The summed E-state index contributed by atoms with van der Waals surface area (Å²) < 4.78 is 7.45. The van der Waals surface area contributed by atoms with Crippen LogP contribution in [0.1, 0.15) is 37.1 Å². The summed E-state index contributed by atoms with van der Waals surface area (Å²) in [5.41, 5.74) is 1.78. The highest BCUT2D eigenvalue weighted by Crippen LogP contribution is 2.33. The number of hydrogen-bond donors (Lipinski definition) is 1. The Hall–Kier alpha value is -0.870. The monoisotopic (exact) mass is 196 g/mol. The maximum atomic E-state index is 9.15. The molecule has 0 amide bonds. The summed E-state index contributed by atoms with van der Waals surface area (Å²) in [7, 11) is 1.86. The van der Waals surface area contributed by atoms with Crippen LogP contribution >= 0.6 is 0 Å². The molecule has 2 rings (SSSR count). The van der Waals surface area contributed by atoms with E-state index in [2.05, 4.69) is 12.0 Å². The lowest BCUT2D eigenvalue weighted by atomic mass is 10.1. The van der Waals surface area contributed by atoms with E-state index in [0.29, 0.717) is 6.10 Å². The SMILES string of the molecule is C[C@@H]1CC[C@H](c2nn(C)cc2CO)O1. The minimum atomic E-state index is 0.0391. The zero-order valence-electron chi connectivity index (χ0n) is 8.60. The van der Waals surface area contributed by atoms with E-state index >= 15 is 0 Å². The maximum absolute atomic E-state index is 9.15. The predicted octanol–water partition coefficient (Wildman–Crippen LogP) is 1.15. The van der Waals surface area contributed by atoms with Gasteiger partial charge in [0.2, 0.25) is 0 Å². The molecule has 0 radical (unpaired) electrons. The predicted molar refractivity (Wildman–Crippen MR) is 51.7 cm³/mol. The number of aliphatic hydroxyl groups is 1. The first kappa shape index (κ1) is 9.68. The fourth-order valence-corrected chi connectivity index (χ4v) is 1.95.